The van der Waals surface area contributed by atoms with E-state index in [0.717, 1.165) is 32.6 Å². The fourth-order valence-electron chi connectivity index (χ4n) is 3.39. The first-order valence-electron chi connectivity index (χ1n) is 8.23. The number of nitrogens with zero attached hydrogens (tertiary/aromatic N) is 2. The van der Waals surface area contributed by atoms with Gasteiger partial charge in [-0.25, -0.2) is 8.42 Å². The van der Waals surface area contributed by atoms with Gasteiger partial charge in [0.15, 0.2) is 11.5 Å². The standard InChI is InChI=1S/C16H25N3O4S/c1-22-15-4-3-14(11-16(15)23-2)24(20,21)19-9-7-18(8-10-19)13-5-6-17-12-13/h3-4,11,13,17H,5-10,12H2,1-2H3. The van der Waals surface area contributed by atoms with Gasteiger partial charge in [-0.05, 0) is 25.1 Å². The summed E-state index contributed by atoms with van der Waals surface area (Å²) in [6.07, 6.45) is 1.14. The Morgan fingerprint density at radius 2 is 1.79 bits per heavy atom. The maximum absolute atomic E-state index is 12.9. The lowest BCUT2D eigenvalue weighted by molar-refractivity contribution is 0.145. The van der Waals surface area contributed by atoms with Crippen molar-refractivity contribution in [2.45, 2.75) is 17.4 Å². The molecule has 2 saturated heterocycles. The maximum atomic E-state index is 12.9. The molecule has 0 amide bonds. The van der Waals surface area contributed by atoms with Crippen LogP contribution in [0.15, 0.2) is 23.1 Å². The molecule has 8 heteroatoms. The van der Waals surface area contributed by atoms with Crippen LogP contribution in [0.4, 0.5) is 0 Å². The molecule has 1 atom stereocenters. The first-order chi connectivity index (χ1) is 11.6. The fourth-order valence-corrected chi connectivity index (χ4v) is 4.82. The molecule has 0 aromatic heterocycles. The highest BCUT2D eigenvalue weighted by Gasteiger charge is 2.32. The highest BCUT2D eigenvalue weighted by molar-refractivity contribution is 7.89. The van der Waals surface area contributed by atoms with Gasteiger partial charge in [0, 0.05) is 44.8 Å². The Morgan fingerprint density at radius 1 is 1.08 bits per heavy atom. The van der Waals surface area contributed by atoms with Gasteiger partial charge in [0.1, 0.15) is 0 Å². The SMILES string of the molecule is COc1ccc(S(=O)(=O)N2CCN(C3CCNC3)CC2)cc1OC. The zero-order valence-electron chi connectivity index (χ0n) is 14.2. The van der Waals surface area contributed by atoms with Crippen molar-refractivity contribution in [2.24, 2.45) is 0 Å². The molecule has 0 radical (unpaired) electrons. The Kier molecular flexibility index (Phi) is 5.29. The van der Waals surface area contributed by atoms with E-state index in [2.05, 4.69) is 10.2 Å². The van der Waals surface area contributed by atoms with Crippen molar-refractivity contribution < 1.29 is 17.9 Å². The van der Waals surface area contributed by atoms with E-state index in [1.54, 1.807) is 16.4 Å². The molecule has 1 aromatic carbocycles. The van der Waals surface area contributed by atoms with Crippen molar-refractivity contribution in [1.82, 2.24) is 14.5 Å². The first-order valence-corrected chi connectivity index (χ1v) is 9.67. The number of piperazine rings is 1. The van der Waals surface area contributed by atoms with E-state index < -0.39 is 10.0 Å². The average molecular weight is 355 g/mol. The molecule has 2 heterocycles. The van der Waals surface area contributed by atoms with E-state index in [9.17, 15) is 8.42 Å². The van der Waals surface area contributed by atoms with Crippen LogP contribution in [0, 0.1) is 0 Å². The minimum Gasteiger partial charge on any atom is -0.493 e. The minimum absolute atomic E-state index is 0.246. The molecule has 0 spiro atoms. The van der Waals surface area contributed by atoms with Crippen molar-refractivity contribution in [1.29, 1.82) is 0 Å². The zero-order chi connectivity index (χ0) is 17.2. The molecule has 2 fully saturated rings. The second kappa shape index (κ2) is 7.26. The van der Waals surface area contributed by atoms with Gasteiger partial charge in [0.05, 0.1) is 19.1 Å². The van der Waals surface area contributed by atoms with Crippen molar-refractivity contribution in [3.05, 3.63) is 18.2 Å². The predicted octanol–water partition coefficient (Wildman–Crippen LogP) is 0.372. The van der Waals surface area contributed by atoms with Crippen molar-refractivity contribution in [3.63, 3.8) is 0 Å². The number of hydrogen-bond donors (Lipinski definition) is 1. The Balaban J connectivity index is 1.72. The number of rotatable bonds is 5. The summed E-state index contributed by atoms with van der Waals surface area (Å²) in [7, 11) is -0.478. The normalized spacial score (nSPS) is 23.3. The Labute approximate surface area is 143 Å². The number of hydrogen-bond acceptors (Lipinski definition) is 6. The topological polar surface area (TPSA) is 71.1 Å². The van der Waals surface area contributed by atoms with Crippen LogP contribution in [-0.4, -0.2) is 77.2 Å². The summed E-state index contributed by atoms with van der Waals surface area (Å²) in [5.41, 5.74) is 0. The quantitative estimate of drug-likeness (QED) is 0.823. The molecule has 2 aliphatic heterocycles. The summed E-state index contributed by atoms with van der Waals surface area (Å²) >= 11 is 0. The third kappa shape index (κ3) is 3.37. The zero-order valence-corrected chi connectivity index (χ0v) is 15.0. The minimum atomic E-state index is -3.51. The smallest absolute Gasteiger partial charge is 0.243 e. The molecule has 1 unspecified atom stereocenters. The van der Waals surface area contributed by atoms with Crippen LogP contribution >= 0.6 is 0 Å². The fraction of sp³-hybridized carbons (Fsp3) is 0.625. The Hall–Kier alpha value is -1.35. The molecule has 1 aromatic rings. The van der Waals surface area contributed by atoms with Crippen LogP contribution < -0.4 is 14.8 Å². The van der Waals surface area contributed by atoms with Crippen molar-refractivity contribution in [3.8, 4) is 11.5 Å². The third-order valence-corrected chi connectivity index (χ3v) is 6.71. The summed E-state index contributed by atoms with van der Waals surface area (Å²) < 4.78 is 37.7. The molecule has 0 bridgehead atoms. The van der Waals surface area contributed by atoms with Crippen molar-refractivity contribution in [2.75, 3.05) is 53.5 Å². The second-order valence-corrected chi connectivity index (χ2v) is 8.04. The van der Waals surface area contributed by atoms with Gasteiger partial charge in [-0.2, -0.15) is 4.31 Å². The molecule has 0 saturated carbocycles. The number of benzene rings is 1. The summed E-state index contributed by atoms with van der Waals surface area (Å²) in [4.78, 5) is 2.64. The lowest BCUT2D eigenvalue weighted by atomic mass is 10.2. The predicted molar refractivity (Wildman–Crippen MR) is 91.2 cm³/mol. The first kappa shape index (κ1) is 17.5. The van der Waals surface area contributed by atoms with E-state index >= 15 is 0 Å². The summed E-state index contributed by atoms with van der Waals surface area (Å²) in [6, 6.07) is 5.27. The molecule has 3 rings (SSSR count). The summed E-state index contributed by atoms with van der Waals surface area (Å²) in [5.74, 6) is 0.948. The largest absolute Gasteiger partial charge is 0.493 e. The van der Waals surface area contributed by atoms with Gasteiger partial charge in [-0.3, -0.25) is 4.90 Å². The van der Waals surface area contributed by atoms with E-state index in [0.29, 0.717) is 30.6 Å². The third-order valence-electron chi connectivity index (χ3n) is 4.82. The Bertz CT molecular complexity index is 666. The highest BCUT2D eigenvalue weighted by Crippen LogP contribution is 2.31. The molecule has 7 nitrogen and oxygen atoms in total. The lowest BCUT2D eigenvalue weighted by Gasteiger charge is -2.37. The van der Waals surface area contributed by atoms with Gasteiger partial charge >= 0.3 is 0 Å². The maximum Gasteiger partial charge on any atom is 0.243 e. The van der Waals surface area contributed by atoms with Crippen molar-refractivity contribution >= 4 is 10.0 Å². The number of ether oxygens (including phenoxy) is 2. The number of sulfonamides is 1. The highest BCUT2D eigenvalue weighted by atomic mass is 32.2. The van der Waals surface area contributed by atoms with Gasteiger partial charge in [0.2, 0.25) is 10.0 Å². The Morgan fingerprint density at radius 3 is 2.38 bits per heavy atom. The van der Waals surface area contributed by atoms with E-state index in [-0.39, 0.29) is 4.90 Å². The van der Waals surface area contributed by atoms with E-state index in [1.807, 2.05) is 0 Å². The number of methoxy groups -OCH3 is 2. The van der Waals surface area contributed by atoms with Crippen LogP contribution in [0.5, 0.6) is 11.5 Å². The van der Waals surface area contributed by atoms with Crippen LogP contribution in [0.1, 0.15) is 6.42 Å². The van der Waals surface area contributed by atoms with Crippen LogP contribution in [0.2, 0.25) is 0 Å². The number of nitrogens with one attached hydrogen (secondary N) is 1. The molecular formula is C16H25N3O4S. The molecule has 2 aliphatic rings. The summed E-state index contributed by atoms with van der Waals surface area (Å²) in [5, 5.41) is 3.36. The van der Waals surface area contributed by atoms with Gasteiger partial charge in [0.25, 0.3) is 0 Å². The molecule has 24 heavy (non-hydrogen) atoms. The second-order valence-electron chi connectivity index (χ2n) is 6.10. The average Bonchev–Trinajstić information content (AvgIpc) is 3.15. The van der Waals surface area contributed by atoms with Crippen LogP contribution in [0.25, 0.3) is 0 Å². The van der Waals surface area contributed by atoms with Gasteiger partial charge in [-0.15, -0.1) is 0 Å². The van der Waals surface area contributed by atoms with Crippen LogP contribution in [-0.2, 0) is 10.0 Å². The molecular weight excluding hydrogens is 330 g/mol. The summed E-state index contributed by atoms with van der Waals surface area (Å²) in [6.45, 7) is 4.65. The lowest BCUT2D eigenvalue weighted by Crippen LogP contribution is -2.52. The van der Waals surface area contributed by atoms with Gasteiger partial charge in [-0.1, -0.05) is 0 Å². The van der Waals surface area contributed by atoms with E-state index in [1.165, 1.54) is 20.3 Å². The molecule has 1 N–H and O–H groups in total. The monoisotopic (exact) mass is 355 g/mol. The molecule has 134 valence electrons. The van der Waals surface area contributed by atoms with E-state index in [4.69, 9.17) is 9.47 Å². The van der Waals surface area contributed by atoms with Gasteiger partial charge < -0.3 is 14.8 Å². The van der Waals surface area contributed by atoms with Crippen LogP contribution in [0.3, 0.4) is 0 Å². The molecule has 0 aliphatic carbocycles.